The Labute approximate surface area is 142 Å². The van der Waals surface area contributed by atoms with Crippen LogP contribution in [0.4, 0.5) is 0 Å². The molecule has 0 saturated carbocycles. The lowest BCUT2D eigenvalue weighted by Gasteiger charge is -2.14. The second-order valence-electron chi connectivity index (χ2n) is 6.22. The lowest BCUT2D eigenvalue weighted by atomic mass is 9.98. The number of hydrogen-bond donors (Lipinski definition) is 2. The molecule has 1 aliphatic rings. The number of esters is 1. The third-order valence-corrected chi connectivity index (χ3v) is 4.50. The summed E-state index contributed by atoms with van der Waals surface area (Å²) in [6, 6.07) is 16.6. The van der Waals surface area contributed by atoms with Crippen LogP contribution in [0.3, 0.4) is 0 Å². The molecule has 1 aliphatic carbocycles. The first-order valence-electron chi connectivity index (χ1n) is 8.44. The van der Waals surface area contributed by atoms with Gasteiger partial charge in [-0.1, -0.05) is 48.5 Å². The van der Waals surface area contributed by atoms with Gasteiger partial charge in [-0.3, -0.25) is 4.79 Å². The summed E-state index contributed by atoms with van der Waals surface area (Å²) >= 11 is 0. The highest BCUT2D eigenvalue weighted by Crippen LogP contribution is 2.44. The van der Waals surface area contributed by atoms with E-state index in [1.165, 1.54) is 22.3 Å². The van der Waals surface area contributed by atoms with Crippen LogP contribution >= 0.6 is 0 Å². The zero-order valence-electron chi connectivity index (χ0n) is 13.7. The van der Waals surface area contributed by atoms with Crippen LogP contribution < -0.4 is 5.73 Å². The number of unbranched alkanes of at least 4 members (excludes halogenated alkanes) is 1. The summed E-state index contributed by atoms with van der Waals surface area (Å²) < 4.78 is 5.51. The van der Waals surface area contributed by atoms with E-state index in [9.17, 15) is 4.79 Å². The number of benzene rings is 2. The van der Waals surface area contributed by atoms with Gasteiger partial charge in [0.1, 0.15) is 12.8 Å². The third-order valence-electron chi connectivity index (χ3n) is 4.50. The number of carbonyl (C=O) groups excluding carboxylic acids is 1. The summed E-state index contributed by atoms with van der Waals surface area (Å²) in [5.41, 5.74) is 10.2. The zero-order chi connectivity index (χ0) is 16.9. The normalized spacial score (nSPS) is 14.1. The van der Waals surface area contributed by atoms with Gasteiger partial charge in [-0.2, -0.15) is 0 Å². The molecule has 0 aromatic heterocycles. The summed E-state index contributed by atoms with van der Waals surface area (Å²) in [6.07, 6.45) is 1.49. The van der Waals surface area contributed by atoms with Crippen molar-refractivity contribution in [3.05, 3.63) is 59.7 Å². The molecule has 0 amide bonds. The molecule has 3 N–H and O–H groups in total. The van der Waals surface area contributed by atoms with E-state index in [0.29, 0.717) is 25.9 Å². The number of rotatable bonds is 7. The molecule has 0 saturated heterocycles. The van der Waals surface area contributed by atoms with Crippen molar-refractivity contribution in [2.45, 2.75) is 37.8 Å². The summed E-state index contributed by atoms with van der Waals surface area (Å²) in [6.45, 7) is 0.367. The van der Waals surface area contributed by atoms with Crippen molar-refractivity contribution in [2.75, 3.05) is 6.61 Å². The van der Waals surface area contributed by atoms with Crippen molar-refractivity contribution in [1.29, 1.82) is 0 Å². The second-order valence-corrected chi connectivity index (χ2v) is 6.22. The average molecular weight is 325 g/mol. The van der Waals surface area contributed by atoms with Gasteiger partial charge < -0.3 is 15.6 Å². The maximum Gasteiger partial charge on any atom is 0.305 e. The van der Waals surface area contributed by atoms with Gasteiger partial charge in [-0.15, -0.1) is 0 Å². The predicted octanol–water partition coefficient (Wildman–Crippen LogP) is 3.18. The van der Waals surface area contributed by atoms with Crippen molar-refractivity contribution in [2.24, 2.45) is 5.73 Å². The number of ether oxygens (including phenoxy) is 1. The molecule has 24 heavy (non-hydrogen) atoms. The fraction of sp³-hybridized carbons (Fsp3) is 0.350. The van der Waals surface area contributed by atoms with E-state index in [2.05, 4.69) is 24.3 Å². The van der Waals surface area contributed by atoms with E-state index in [1.807, 2.05) is 24.3 Å². The lowest BCUT2D eigenvalue weighted by molar-refractivity contribution is -0.144. The molecule has 2 aromatic rings. The van der Waals surface area contributed by atoms with E-state index in [1.54, 1.807) is 0 Å². The second kappa shape index (κ2) is 7.60. The Hall–Kier alpha value is -2.17. The molecule has 4 heteroatoms. The van der Waals surface area contributed by atoms with Gasteiger partial charge in [0.05, 0.1) is 0 Å². The highest BCUT2D eigenvalue weighted by atomic mass is 16.5. The summed E-state index contributed by atoms with van der Waals surface area (Å²) in [4.78, 5) is 12.0. The molecule has 0 aliphatic heterocycles. The molecule has 0 radical (unpaired) electrons. The Kier molecular flexibility index (Phi) is 5.28. The van der Waals surface area contributed by atoms with Crippen LogP contribution in [0.25, 0.3) is 11.1 Å². The standard InChI is InChI=1S/C20H23NO3/c21-19(22)11-5-6-12-20(23)24-13-18-16-9-3-1-7-14(16)15-8-2-4-10-17(15)18/h1-4,7-10,18-19,22H,5-6,11-13,21H2. The monoisotopic (exact) mass is 325 g/mol. The number of carbonyl (C=O) groups is 1. The maximum atomic E-state index is 12.0. The van der Waals surface area contributed by atoms with Gasteiger partial charge in [-0.05, 0) is 41.5 Å². The molecule has 1 unspecified atom stereocenters. The molecule has 4 nitrogen and oxygen atoms in total. The van der Waals surface area contributed by atoms with E-state index in [4.69, 9.17) is 15.6 Å². The van der Waals surface area contributed by atoms with Gasteiger partial charge in [-0.25, -0.2) is 0 Å². The molecular weight excluding hydrogens is 302 g/mol. The highest BCUT2D eigenvalue weighted by molar-refractivity contribution is 5.79. The molecule has 2 aromatic carbocycles. The smallest absolute Gasteiger partial charge is 0.305 e. The van der Waals surface area contributed by atoms with E-state index < -0.39 is 6.23 Å². The molecule has 0 bridgehead atoms. The van der Waals surface area contributed by atoms with Crippen molar-refractivity contribution in [3.8, 4) is 11.1 Å². The van der Waals surface area contributed by atoms with Gasteiger partial charge in [0.15, 0.2) is 0 Å². The van der Waals surface area contributed by atoms with Crippen LogP contribution in [-0.4, -0.2) is 23.9 Å². The average Bonchev–Trinajstić information content (AvgIpc) is 2.91. The van der Waals surface area contributed by atoms with Crippen LogP contribution in [0.1, 0.15) is 42.7 Å². The minimum atomic E-state index is -0.799. The Balaban J connectivity index is 1.60. The third kappa shape index (κ3) is 3.66. The first-order valence-corrected chi connectivity index (χ1v) is 8.44. The van der Waals surface area contributed by atoms with Crippen molar-refractivity contribution >= 4 is 5.97 Å². The first-order chi connectivity index (χ1) is 11.7. The fourth-order valence-corrected chi connectivity index (χ4v) is 3.31. The Bertz CT molecular complexity index is 666. The number of aliphatic hydroxyl groups excluding tert-OH is 1. The number of fused-ring (bicyclic) bond motifs is 3. The van der Waals surface area contributed by atoms with E-state index >= 15 is 0 Å². The summed E-state index contributed by atoms with van der Waals surface area (Å²) in [7, 11) is 0. The summed E-state index contributed by atoms with van der Waals surface area (Å²) in [5.74, 6) is -0.0874. The number of hydrogen-bond acceptors (Lipinski definition) is 4. The Morgan fingerprint density at radius 1 is 1.04 bits per heavy atom. The van der Waals surface area contributed by atoms with Gasteiger partial charge in [0, 0.05) is 12.3 Å². The van der Waals surface area contributed by atoms with Crippen LogP contribution in [0.5, 0.6) is 0 Å². The quantitative estimate of drug-likeness (QED) is 0.466. The number of nitrogens with two attached hydrogens (primary N) is 1. The van der Waals surface area contributed by atoms with Crippen LogP contribution in [0, 0.1) is 0 Å². The SMILES string of the molecule is NC(O)CCCCC(=O)OCC1c2ccccc2-c2ccccc21. The fourth-order valence-electron chi connectivity index (χ4n) is 3.31. The maximum absolute atomic E-state index is 12.0. The molecule has 3 rings (SSSR count). The molecule has 1 atom stereocenters. The van der Waals surface area contributed by atoms with Gasteiger partial charge >= 0.3 is 5.97 Å². The van der Waals surface area contributed by atoms with Crippen molar-refractivity contribution in [3.63, 3.8) is 0 Å². The molecule has 0 spiro atoms. The predicted molar refractivity (Wildman–Crippen MR) is 93.3 cm³/mol. The zero-order valence-corrected chi connectivity index (χ0v) is 13.7. The van der Waals surface area contributed by atoms with E-state index in [0.717, 1.165) is 6.42 Å². The molecule has 0 fully saturated rings. The Morgan fingerprint density at radius 3 is 2.21 bits per heavy atom. The summed E-state index contributed by atoms with van der Waals surface area (Å²) in [5, 5.41) is 9.01. The minimum absolute atomic E-state index is 0.104. The van der Waals surface area contributed by atoms with Crippen molar-refractivity contribution in [1.82, 2.24) is 0 Å². The van der Waals surface area contributed by atoms with Crippen LogP contribution in [-0.2, 0) is 9.53 Å². The van der Waals surface area contributed by atoms with Crippen LogP contribution in [0.15, 0.2) is 48.5 Å². The molecule has 126 valence electrons. The van der Waals surface area contributed by atoms with Gasteiger partial charge in [0.2, 0.25) is 0 Å². The lowest BCUT2D eigenvalue weighted by Crippen LogP contribution is -2.18. The highest BCUT2D eigenvalue weighted by Gasteiger charge is 2.28. The Morgan fingerprint density at radius 2 is 1.62 bits per heavy atom. The van der Waals surface area contributed by atoms with E-state index in [-0.39, 0.29) is 11.9 Å². The van der Waals surface area contributed by atoms with Gasteiger partial charge in [0.25, 0.3) is 0 Å². The topological polar surface area (TPSA) is 72.5 Å². The first kappa shape index (κ1) is 16.7. The minimum Gasteiger partial charge on any atom is -0.465 e. The largest absolute Gasteiger partial charge is 0.465 e. The van der Waals surface area contributed by atoms with Crippen molar-refractivity contribution < 1.29 is 14.6 Å². The van der Waals surface area contributed by atoms with Crippen LogP contribution in [0.2, 0.25) is 0 Å². The number of aliphatic hydroxyl groups is 1. The molecule has 0 heterocycles. The molecular formula is C20H23NO3.